The van der Waals surface area contributed by atoms with E-state index in [4.69, 9.17) is 5.84 Å². The van der Waals surface area contributed by atoms with E-state index < -0.39 is 0 Å². The van der Waals surface area contributed by atoms with Crippen molar-refractivity contribution in [2.24, 2.45) is 11.0 Å². The van der Waals surface area contributed by atoms with Crippen molar-refractivity contribution >= 4 is 5.69 Å². The molecule has 0 aliphatic heterocycles. The number of hydrogen-bond donors (Lipinski definition) is 2. The van der Waals surface area contributed by atoms with Crippen LogP contribution in [0.2, 0.25) is 0 Å². The van der Waals surface area contributed by atoms with E-state index in [1.807, 2.05) is 12.1 Å². The number of nitroso groups, excluding NO2 is 1. The summed E-state index contributed by atoms with van der Waals surface area (Å²) in [6.45, 7) is 0.730. The van der Waals surface area contributed by atoms with Crippen LogP contribution < -0.4 is 11.3 Å². The average molecular weight is 165 g/mol. The number of hydrazine groups is 1. The summed E-state index contributed by atoms with van der Waals surface area (Å²) in [5.41, 5.74) is 4.16. The average Bonchev–Trinajstić information content (AvgIpc) is 2.15. The molecule has 0 spiro atoms. The monoisotopic (exact) mass is 165 g/mol. The summed E-state index contributed by atoms with van der Waals surface area (Å²) in [6, 6.07) is 7.12. The Kier molecular flexibility index (Phi) is 3.37. The van der Waals surface area contributed by atoms with Crippen molar-refractivity contribution in [1.29, 1.82) is 0 Å². The lowest BCUT2D eigenvalue weighted by molar-refractivity contribution is 0.728. The third kappa shape index (κ3) is 2.41. The van der Waals surface area contributed by atoms with E-state index >= 15 is 0 Å². The Balaban J connectivity index is 2.58. The lowest BCUT2D eigenvalue weighted by atomic mass is 10.1. The first-order chi connectivity index (χ1) is 5.86. The molecule has 0 aromatic heterocycles. The van der Waals surface area contributed by atoms with E-state index in [0.29, 0.717) is 5.69 Å². The highest BCUT2D eigenvalue weighted by Crippen LogP contribution is 2.11. The van der Waals surface area contributed by atoms with Crippen LogP contribution in [0.3, 0.4) is 0 Å². The molecule has 0 bridgehead atoms. The molecule has 0 atom stereocenters. The zero-order valence-electron chi connectivity index (χ0n) is 6.66. The second-order valence-electron chi connectivity index (χ2n) is 2.46. The van der Waals surface area contributed by atoms with Crippen LogP contribution in [0.15, 0.2) is 29.4 Å². The summed E-state index contributed by atoms with van der Waals surface area (Å²) in [7, 11) is 0. The first-order valence-electron chi connectivity index (χ1n) is 3.72. The predicted molar refractivity (Wildman–Crippen MR) is 47.8 cm³/mol. The van der Waals surface area contributed by atoms with Crippen LogP contribution in [0.5, 0.6) is 0 Å². The lowest BCUT2D eigenvalue weighted by Gasteiger charge is -1.99. The van der Waals surface area contributed by atoms with Gasteiger partial charge in [-0.1, -0.05) is 12.1 Å². The molecule has 0 heterocycles. The Bertz CT molecular complexity index is 245. The standard InChI is InChI=1S/C8H11N3O/c9-10-6-5-7-1-3-8(11-12)4-2-7/h1-4,10H,5-6,9H2. The maximum Gasteiger partial charge on any atom is 0.108 e. The van der Waals surface area contributed by atoms with Crippen LogP contribution >= 0.6 is 0 Å². The minimum atomic E-state index is 0.458. The van der Waals surface area contributed by atoms with Crippen LogP contribution in [0.1, 0.15) is 5.56 Å². The maximum atomic E-state index is 10.0. The topological polar surface area (TPSA) is 67.5 Å². The van der Waals surface area contributed by atoms with Crippen molar-refractivity contribution in [3.63, 3.8) is 0 Å². The van der Waals surface area contributed by atoms with Gasteiger partial charge in [0.15, 0.2) is 0 Å². The van der Waals surface area contributed by atoms with Gasteiger partial charge >= 0.3 is 0 Å². The zero-order chi connectivity index (χ0) is 8.81. The molecular weight excluding hydrogens is 154 g/mol. The summed E-state index contributed by atoms with van der Waals surface area (Å²) >= 11 is 0. The second kappa shape index (κ2) is 4.58. The van der Waals surface area contributed by atoms with Crippen molar-refractivity contribution in [3.8, 4) is 0 Å². The molecule has 0 amide bonds. The summed E-state index contributed by atoms with van der Waals surface area (Å²) in [5.74, 6) is 5.11. The van der Waals surface area contributed by atoms with Gasteiger partial charge in [-0.05, 0) is 29.3 Å². The van der Waals surface area contributed by atoms with Crippen molar-refractivity contribution in [3.05, 3.63) is 34.7 Å². The lowest BCUT2D eigenvalue weighted by Crippen LogP contribution is -2.24. The fourth-order valence-corrected chi connectivity index (χ4v) is 0.940. The van der Waals surface area contributed by atoms with Crippen molar-refractivity contribution in [1.82, 2.24) is 5.43 Å². The van der Waals surface area contributed by atoms with Crippen LogP contribution in [0.25, 0.3) is 0 Å². The van der Waals surface area contributed by atoms with Gasteiger partial charge in [0.05, 0.1) is 0 Å². The van der Waals surface area contributed by atoms with Gasteiger partial charge in [0, 0.05) is 6.54 Å². The minimum Gasteiger partial charge on any atom is -0.271 e. The molecule has 0 aliphatic rings. The van der Waals surface area contributed by atoms with Crippen LogP contribution in [0, 0.1) is 4.91 Å². The molecule has 0 unspecified atom stereocenters. The third-order valence-electron chi connectivity index (χ3n) is 1.60. The molecular formula is C8H11N3O. The normalized spacial score (nSPS) is 9.75. The van der Waals surface area contributed by atoms with Crippen molar-refractivity contribution in [2.45, 2.75) is 6.42 Å². The number of hydrogen-bond acceptors (Lipinski definition) is 4. The number of nitrogens with one attached hydrogen (secondary N) is 1. The van der Waals surface area contributed by atoms with Gasteiger partial charge < -0.3 is 0 Å². The Hall–Kier alpha value is -1.26. The number of benzene rings is 1. The minimum absolute atomic E-state index is 0.458. The van der Waals surface area contributed by atoms with Gasteiger partial charge in [-0.3, -0.25) is 11.3 Å². The van der Waals surface area contributed by atoms with Gasteiger partial charge in [0.2, 0.25) is 0 Å². The first-order valence-corrected chi connectivity index (χ1v) is 3.72. The Labute approximate surface area is 70.7 Å². The Morgan fingerprint density at radius 1 is 1.33 bits per heavy atom. The molecule has 0 aliphatic carbocycles. The van der Waals surface area contributed by atoms with Gasteiger partial charge in [-0.25, -0.2) is 0 Å². The highest BCUT2D eigenvalue weighted by molar-refractivity contribution is 5.38. The fraction of sp³-hybridized carbons (Fsp3) is 0.250. The molecule has 1 aromatic rings. The highest BCUT2D eigenvalue weighted by atomic mass is 16.3. The summed E-state index contributed by atoms with van der Waals surface area (Å²) in [4.78, 5) is 10.0. The van der Waals surface area contributed by atoms with E-state index in [2.05, 4.69) is 10.6 Å². The summed E-state index contributed by atoms with van der Waals surface area (Å²) in [5, 5.41) is 2.80. The van der Waals surface area contributed by atoms with E-state index in [1.54, 1.807) is 12.1 Å². The molecule has 12 heavy (non-hydrogen) atoms. The quantitative estimate of drug-likeness (QED) is 0.398. The fourth-order valence-electron chi connectivity index (χ4n) is 0.940. The van der Waals surface area contributed by atoms with Crippen LogP contribution in [-0.4, -0.2) is 6.54 Å². The van der Waals surface area contributed by atoms with Crippen LogP contribution in [-0.2, 0) is 6.42 Å². The summed E-state index contributed by atoms with van der Waals surface area (Å²) < 4.78 is 0. The Morgan fingerprint density at radius 3 is 2.50 bits per heavy atom. The van der Waals surface area contributed by atoms with Crippen molar-refractivity contribution in [2.75, 3.05) is 6.54 Å². The number of nitrogens with two attached hydrogens (primary N) is 1. The van der Waals surface area contributed by atoms with Gasteiger partial charge in [-0.15, -0.1) is 4.91 Å². The first kappa shape index (κ1) is 8.83. The van der Waals surface area contributed by atoms with E-state index in [1.165, 1.54) is 0 Å². The molecule has 64 valence electrons. The number of rotatable bonds is 4. The van der Waals surface area contributed by atoms with Gasteiger partial charge in [0.25, 0.3) is 0 Å². The van der Waals surface area contributed by atoms with Gasteiger partial charge in [-0.2, -0.15) is 0 Å². The van der Waals surface area contributed by atoms with Gasteiger partial charge in [0.1, 0.15) is 5.69 Å². The molecule has 0 fully saturated rings. The van der Waals surface area contributed by atoms with Crippen LogP contribution in [0.4, 0.5) is 5.69 Å². The molecule has 4 heteroatoms. The van der Waals surface area contributed by atoms with E-state index in [9.17, 15) is 4.91 Å². The molecule has 0 saturated carbocycles. The molecule has 4 nitrogen and oxygen atoms in total. The molecule has 1 rings (SSSR count). The molecule has 0 saturated heterocycles. The smallest absolute Gasteiger partial charge is 0.108 e. The van der Waals surface area contributed by atoms with E-state index in [0.717, 1.165) is 18.5 Å². The summed E-state index contributed by atoms with van der Waals surface area (Å²) in [6.07, 6.45) is 0.857. The number of nitrogens with zero attached hydrogens (tertiary/aromatic N) is 1. The molecule has 1 aromatic carbocycles. The largest absolute Gasteiger partial charge is 0.271 e. The Morgan fingerprint density at radius 2 is 2.00 bits per heavy atom. The second-order valence-corrected chi connectivity index (χ2v) is 2.46. The van der Waals surface area contributed by atoms with E-state index in [-0.39, 0.29) is 0 Å². The highest BCUT2D eigenvalue weighted by Gasteiger charge is 1.92. The third-order valence-corrected chi connectivity index (χ3v) is 1.60. The molecule has 3 N–H and O–H groups in total. The SMILES string of the molecule is NNCCc1ccc(N=O)cc1. The molecule has 0 radical (unpaired) electrons. The zero-order valence-corrected chi connectivity index (χ0v) is 6.66. The van der Waals surface area contributed by atoms with Crippen molar-refractivity contribution < 1.29 is 0 Å². The predicted octanol–water partition coefficient (Wildman–Crippen LogP) is 1.09. The maximum absolute atomic E-state index is 10.0.